The van der Waals surface area contributed by atoms with E-state index >= 15 is 0 Å². The first-order valence-corrected chi connectivity index (χ1v) is 16.5. The predicted octanol–water partition coefficient (Wildman–Crippen LogP) is 11.4. The van der Waals surface area contributed by atoms with E-state index in [1.54, 1.807) is 0 Å². The van der Waals surface area contributed by atoms with Crippen LogP contribution in [-0.4, -0.2) is 19.9 Å². The lowest BCUT2D eigenvalue weighted by atomic mass is 9.99. The normalized spacial score (nSPS) is 11.6. The quantitative estimate of drug-likeness (QED) is 0.186. The molecule has 0 N–H and O–H groups in total. The summed E-state index contributed by atoms with van der Waals surface area (Å²) in [4.78, 5) is 20.3. The Labute approximate surface area is 286 Å². The third-order valence-corrected chi connectivity index (χ3v) is 9.12. The minimum atomic E-state index is 0.639. The first-order chi connectivity index (χ1) is 24.8. The Morgan fingerprint density at radius 3 is 1.76 bits per heavy atom. The van der Waals surface area contributed by atoms with Crippen LogP contribution < -0.4 is 0 Å². The Kier molecular flexibility index (Phi) is 6.39. The summed E-state index contributed by atoms with van der Waals surface area (Å²) in [6.45, 7) is 0. The average Bonchev–Trinajstić information content (AvgIpc) is 3.76. The number of rotatable bonds is 5. The highest BCUT2D eigenvalue weighted by atomic mass is 16.3. The number of para-hydroxylation sites is 1. The van der Waals surface area contributed by atoms with Gasteiger partial charge in [0.05, 0.1) is 11.4 Å². The van der Waals surface area contributed by atoms with Crippen LogP contribution in [0.25, 0.3) is 101 Å². The van der Waals surface area contributed by atoms with Gasteiger partial charge in [-0.3, -0.25) is 0 Å². The van der Waals surface area contributed by atoms with Crippen molar-refractivity contribution in [1.29, 1.82) is 0 Å². The first-order valence-electron chi connectivity index (χ1n) is 16.5. The van der Waals surface area contributed by atoms with Crippen molar-refractivity contribution in [3.63, 3.8) is 0 Å². The van der Waals surface area contributed by atoms with Crippen molar-refractivity contribution in [3.05, 3.63) is 158 Å². The molecule has 0 aliphatic rings. The molecular weight excluding hydrogens is 617 g/mol. The topological polar surface area (TPSA) is 77.8 Å². The number of aromatic nitrogens is 4. The zero-order valence-corrected chi connectivity index (χ0v) is 26.6. The second kappa shape index (κ2) is 11.4. The summed E-state index contributed by atoms with van der Waals surface area (Å²) in [5.41, 5.74) is 10.9. The molecule has 10 aromatic rings. The van der Waals surface area contributed by atoms with Gasteiger partial charge < -0.3 is 8.83 Å². The molecule has 0 atom stereocenters. The number of benzene rings is 6. The Bertz CT molecular complexity index is 2800. The maximum Gasteiger partial charge on any atom is 0.180 e. The van der Waals surface area contributed by atoms with E-state index in [1.807, 2.05) is 127 Å². The molecule has 4 heterocycles. The zero-order chi connectivity index (χ0) is 33.0. The van der Waals surface area contributed by atoms with Gasteiger partial charge >= 0.3 is 0 Å². The molecule has 6 aromatic carbocycles. The highest BCUT2D eigenvalue weighted by Crippen LogP contribution is 2.41. The van der Waals surface area contributed by atoms with Gasteiger partial charge in [0.25, 0.3) is 0 Å². The smallest absolute Gasteiger partial charge is 0.180 e. The molecule has 4 aromatic heterocycles. The molecule has 0 saturated carbocycles. The van der Waals surface area contributed by atoms with Gasteiger partial charge in [0.15, 0.2) is 17.2 Å². The summed E-state index contributed by atoms with van der Waals surface area (Å²) in [5, 5.41) is 2.88. The van der Waals surface area contributed by atoms with E-state index in [1.165, 1.54) is 0 Å². The molecule has 50 heavy (non-hydrogen) atoms. The standard InChI is InChI=1S/C44H26N4O2/c1-4-13-27(14-5-1)34-26-35(46-43(45-34)28-15-6-2-7-16-28)31-20-12-22-38-39(31)33-25-30(23-24-37(33)49-38)40-42-41(32-19-10-11-21-36(32)50-42)48-44(47-40)29-17-8-3-9-18-29/h1-26H. The maximum absolute atomic E-state index is 6.46. The van der Waals surface area contributed by atoms with E-state index in [4.69, 9.17) is 28.8 Å². The van der Waals surface area contributed by atoms with Crippen LogP contribution in [0.1, 0.15) is 0 Å². The third-order valence-electron chi connectivity index (χ3n) is 9.12. The molecule has 234 valence electrons. The van der Waals surface area contributed by atoms with Crippen molar-refractivity contribution >= 4 is 44.0 Å². The summed E-state index contributed by atoms with van der Waals surface area (Å²) in [7, 11) is 0. The zero-order valence-electron chi connectivity index (χ0n) is 26.6. The van der Waals surface area contributed by atoms with Crippen molar-refractivity contribution in [3.8, 4) is 56.5 Å². The summed E-state index contributed by atoms with van der Waals surface area (Å²) in [6.07, 6.45) is 0. The summed E-state index contributed by atoms with van der Waals surface area (Å²) in [6, 6.07) is 52.7. The van der Waals surface area contributed by atoms with Crippen molar-refractivity contribution in [2.75, 3.05) is 0 Å². The number of nitrogens with zero attached hydrogens (tertiary/aromatic N) is 4. The molecule has 10 rings (SSSR count). The van der Waals surface area contributed by atoms with Gasteiger partial charge in [0, 0.05) is 44.0 Å². The molecule has 0 spiro atoms. The van der Waals surface area contributed by atoms with Gasteiger partial charge in [-0.2, -0.15) is 0 Å². The van der Waals surface area contributed by atoms with Gasteiger partial charge in [-0.05, 0) is 42.5 Å². The Morgan fingerprint density at radius 1 is 0.380 bits per heavy atom. The highest BCUT2D eigenvalue weighted by Gasteiger charge is 2.21. The molecule has 0 radical (unpaired) electrons. The molecule has 0 fully saturated rings. The highest BCUT2D eigenvalue weighted by molar-refractivity contribution is 6.14. The van der Waals surface area contributed by atoms with E-state index < -0.39 is 0 Å². The molecule has 0 aliphatic heterocycles. The van der Waals surface area contributed by atoms with Crippen molar-refractivity contribution < 1.29 is 8.83 Å². The molecule has 6 heteroatoms. The third kappa shape index (κ3) is 4.65. The van der Waals surface area contributed by atoms with Crippen LogP contribution in [0.4, 0.5) is 0 Å². The lowest BCUT2D eigenvalue weighted by molar-refractivity contribution is 0.666. The number of fused-ring (bicyclic) bond motifs is 6. The molecule has 0 unspecified atom stereocenters. The van der Waals surface area contributed by atoms with Crippen LogP contribution in [0.2, 0.25) is 0 Å². The summed E-state index contributed by atoms with van der Waals surface area (Å²) < 4.78 is 12.9. The van der Waals surface area contributed by atoms with Crippen LogP contribution in [-0.2, 0) is 0 Å². The van der Waals surface area contributed by atoms with Crippen molar-refractivity contribution in [2.45, 2.75) is 0 Å². The fourth-order valence-electron chi connectivity index (χ4n) is 6.75. The van der Waals surface area contributed by atoms with E-state index in [0.29, 0.717) is 17.2 Å². The number of hydrogen-bond acceptors (Lipinski definition) is 6. The second-order valence-corrected chi connectivity index (χ2v) is 12.2. The molecule has 0 bridgehead atoms. The monoisotopic (exact) mass is 642 g/mol. The lowest BCUT2D eigenvalue weighted by Gasteiger charge is -2.10. The maximum atomic E-state index is 6.46. The van der Waals surface area contributed by atoms with E-state index in [-0.39, 0.29) is 0 Å². The fourth-order valence-corrected chi connectivity index (χ4v) is 6.75. The van der Waals surface area contributed by atoms with Gasteiger partial charge in [-0.25, -0.2) is 19.9 Å². The first kappa shape index (κ1) is 28.1. The van der Waals surface area contributed by atoms with Gasteiger partial charge in [0.2, 0.25) is 0 Å². The summed E-state index contributed by atoms with van der Waals surface area (Å²) >= 11 is 0. The van der Waals surface area contributed by atoms with E-state index in [9.17, 15) is 0 Å². The Morgan fingerprint density at radius 2 is 1.00 bits per heavy atom. The average molecular weight is 643 g/mol. The lowest BCUT2D eigenvalue weighted by Crippen LogP contribution is -1.96. The van der Waals surface area contributed by atoms with Crippen LogP contribution in [0.3, 0.4) is 0 Å². The van der Waals surface area contributed by atoms with Gasteiger partial charge in [0.1, 0.15) is 28.0 Å². The van der Waals surface area contributed by atoms with Crippen molar-refractivity contribution in [2.24, 2.45) is 0 Å². The molecule has 6 nitrogen and oxygen atoms in total. The Balaban J connectivity index is 1.22. The number of hydrogen-bond donors (Lipinski definition) is 0. The van der Waals surface area contributed by atoms with E-state index in [2.05, 4.69) is 30.3 Å². The van der Waals surface area contributed by atoms with E-state index in [0.717, 1.165) is 83.3 Å². The van der Waals surface area contributed by atoms with Crippen LogP contribution in [0, 0.1) is 0 Å². The molecule has 0 amide bonds. The van der Waals surface area contributed by atoms with Crippen LogP contribution in [0.5, 0.6) is 0 Å². The van der Waals surface area contributed by atoms with Crippen molar-refractivity contribution in [1.82, 2.24) is 19.9 Å². The van der Waals surface area contributed by atoms with Crippen LogP contribution in [0.15, 0.2) is 167 Å². The largest absolute Gasteiger partial charge is 0.456 e. The molecular formula is C44H26N4O2. The molecule has 0 aliphatic carbocycles. The second-order valence-electron chi connectivity index (χ2n) is 12.2. The minimum absolute atomic E-state index is 0.639. The minimum Gasteiger partial charge on any atom is -0.456 e. The number of furan rings is 2. The van der Waals surface area contributed by atoms with Crippen LogP contribution >= 0.6 is 0 Å². The van der Waals surface area contributed by atoms with Gasteiger partial charge in [-0.1, -0.05) is 115 Å². The SMILES string of the molecule is c1ccc(-c2cc(-c3cccc4oc5ccc(-c6nc(-c7ccccc7)nc7c6oc6ccccc67)cc5c34)nc(-c3ccccc3)n2)cc1. The van der Waals surface area contributed by atoms with Gasteiger partial charge in [-0.15, -0.1) is 0 Å². The Hall–Kier alpha value is -6.92. The fraction of sp³-hybridized carbons (Fsp3) is 0. The molecule has 0 saturated heterocycles. The predicted molar refractivity (Wildman–Crippen MR) is 199 cm³/mol. The summed E-state index contributed by atoms with van der Waals surface area (Å²) in [5.74, 6) is 1.30.